The van der Waals surface area contributed by atoms with Gasteiger partial charge >= 0.3 is 0 Å². The lowest BCUT2D eigenvalue weighted by atomic mass is 10.1. The quantitative estimate of drug-likeness (QED) is 0.807. The van der Waals surface area contributed by atoms with E-state index in [-0.39, 0.29) is 0 Å². The molecule has 1 aromatic carbocycles. The van der Waals surface area contributed by atoms with Crippen LogP contribution in [-0.4, -0.2) is 14.8 Å². The zero-order chi connectivity index (χ0) is 12.3. The molecule has 1 heterocycles. The Morgan fingerprint density at radius 2 is 1.65 bits per heavy atom. The minimum absolute atomic E-state index is 0.862. The first kappa shape index (κ1) is 11.8. The van der Waals surface area contributed by atoms with Crippen LogP contribution in [0.25, 0.3) is 0 Å². The van der Waals surface area contributed by atoms with E-state index in [2.05, 4.69) is 59.8 Å². The highest BCUT2D eigenvalue weighted by molar-refractivity contribution is 5.24. The fourth-order valence-corrected chi connectivity index (χ4v) is 2.02. The number of nitrogens with zero attached hydrogens (tertiary/aromatic N) is 3. The molecule has 0 unspecified atom stereocenters. The molecular weight excluding hydrogens is 210 g/mol. The van der Waals surface area contributed by atoms with E-state index in [1.165, 1.54) is 11.1 Å². The topological polar surface area (TPSA) is 30.7 Å². The maximum atomic E-state index is 4.29. The Morgan fingerprint density at radius 1 is 1.00 bits per heavy atom. The maximum Gasteiger partial charge on any atom is 0.137 e. The lowest BCUT2D eigenvalue weighted by molar-refractivity contribution is 0.673. The SMILES string of the molecule is CCc1nnc(Cc2ccc(C)cc2)n1CC. The molecule has 90 valence electrons. The van der Waals surface area contributed by atoms with Gasteiger partial charge in [-0.05, 0) is 19.4 Å². The number of hydrogen-bond donors (Lipinski definition) is 0. The Balaban J connectivity index is 2.23. The lowest BCUT2D eigenvalue weighted by Gasteiger charge is -2.06. The third-order valence-corrected chi connectivity index (χ3v) is 3.02. The first-order chi connectivity index (χ1) is 8.24. The van der Waals surface area contributed by atoms with Gasteiger partial charge in [0.1, 0.15) is 11.6 Å². The fourth-order valence-electron chi connectivity index (χ4n) is 2.02. The molecule has 0 amide bonds. The lowest BCUT2D eigenvalue weighted by Crippen LogP contribution is -2.06. The van der Waals surface area contributed by atoms with Gasteiger partial charge in [-0.25, -0.2) is 0 Å². The Morgan fingerprint density at radius 3 is 2.24 bits per heavy atom. The molecule has 0 spiro atoms. The van der Waals surface area contributed by atoms with Crippen molar-refractivity contribution in [3.8, 4) is 0 Å². The molecule has 0 aliphatic carbocycles. The minimum Gasteiger partial charge on any atom is -0.315 e. The van der Waals surface area contributed by atoms with Crippen molar-refractivity contribution >= 4 is 0 Å². The molecular formula is C14H19N3. The molecule has 3 nitrogen and oxygen atoms in total. The predicted octanol–water partition coefficient (Wildman–Crippen LogP) is 2.76. The van der Waals surface area contributed by atoms with Gasteiger partial charge < -0.3 is 4.57 Å². The van der Waals surface area contributed by atoms with Crippen LogP contribution in [0.2, 0.25) is 0 Å². The van der Waals surface area contributed by atoms with Crippen molar-refractivity contribution in [1.82, 2.24) is 14.8 Å². The van der Waals surface area contributed by atoms with Crippen LogP contribution in [0, 0.1) is 6.92 Å². The van der Waals surface area contributed by atoms with Gasteiger partial charge in [0.05, 0.1) is 0 Å². The molecule has 0 aliphatic rings. The molecule has 0 bridgehead atoms. The van der Waals surface area contributed by atoms with Gasteiger partial charge in [0, 0.05) is 19.4 Å². The summed E-state index contributed by atoms with van der Waals surface area (Å²) in [4.78, 5) is 0. The van der Waals surface area contributed by atoms with E-state index in [9.17, 15) is 0 Å². The average molecular weight is 229 g/mol. The molecule has 0 aliphatic heterocycles. The van der Waals surface area contributed by atoms with Gasteiger partial charge in [0.2, 0.25) is 0 Å². The summed E-state index contributed by atoms with van der Waals surface area (Å²) in [7, 11) is 0. The molecule has 0 saturated carbocycles. The summed E-state index contributed by atoms with van der Waals surface area (Å²) in [5.41, 5.74) is 2.58. The zero-order valence-corrected chi connectivity index (χ0v) is 10.8. The molecule has 2 aromatic rings. The van der Waals surface area contributed by atoms with Crippen LogP contribution >= 0.6 is 0 Å². The molecule has 0 radical (unpaired) electrons. The molecule has 17 heavy (non-hydrogen) atoms. The van der Waals surface area contributed by atoms with Gasteiger partial charge in [-0.1, -0.05) is 36.8 Å². The van der Waals surface area contributed by atoms with Gasteiger partial charge in [-0.3, -0.25) is 0 Å². The second-order valence-corrected chi connectivity index (χ2v) is 4.29. The molecule has 1 aromatic heterocycles. The van der Waals surface area contributed by atoms with Crippen LogP contribution in [0.3, 0.4) is 0 Å². The fraction of sp³-hybridized carbons (Fsp3) is 0.429. The molecule has 0 atom stereocenters. The van der Waals surface area contributed by atoms with E-state index in [0.717, 1.165) is 31.0 Å². The smallest absolute Gasteiger partial charge is 0.137 e. The summed E-state index contributed by atoms with van der Waals surface area (Å²) in [6.07, 6.45) is 1.80. The largest absolute Gasteiger partial charge is 0.315 e. The summed E-state index contributed by atoms with van der Waals surface area (Å²) < 4.78 is 2.21. The van der Waals surface area contributed by atoms with Gasteiger partial charge in [0.25, 0.3) is 0 Å². The van der Waals surface area contributed by atoms with Crippen molar-refractivity contribution in [1.29, 1.82) is 0 Å². The van der Waals surface area contributed by atoms with Gasteiger partial charge in [0.15, 0.2) is 0 Å². The van der Waals surface area contributed by atoms with E-state index < -0.39 is 0 Å². The van der Waals surface area contributed by atoms with Crippen molar-refractivity contribution in [2.24, 2.45) is 0 Å². The Kier molecular flexibility index (Phi) is 3.57. The normalized spacial score (nSPS) is 10.8. The number of rotatable bonds is 4. The minimum atomic E-state index is 0.862. The van der Waals surface area contributed by atoms with Crippen molar-refractivity contribution in [2.45, 2.75) is 40.2 Å². The van der Waals surface area contributed by atoms with E-state index in [1.807, 2.05) is 0 Å². The maximum absolute atomic E-state index is 4.29. The average Bonchev–Trinajstić information content (AvgIpc) is 2.74. The van der Waals surface area contributed by atoms with Crippen LogP contribution in [0.1, 0.15) is 36.6 Å². The monoisotopic (exact) mass is 229 g/mol. The molecule has 0 N–H and O–H groups in total. The van der Waals surface area contributed by atoms with Crippen LogP contribution in [-0.2, 0) is 19.4 Å². The highest BCUT2D eigenvalue weighted by Crippen LogP contribution is 2.11. The van der Waals surface area contributed by atoms with Crippen LogP contribution < -0.4 is 0 Å². The summed E-state index contributed by atoms with van der Waals surface area (Å²) in [5, 5.41) is 8.52. The third kappa shape index (κ3) is 2.54. The first-order valence-electron chi connectivity index (χ1n) is 6.21. The first-order valence-corrected chi connectivity index (χ1v) is 6.21. The molecule has 0 saturated heterocycles. The highest BCUT2D eigenvalue weighted by atomic mass is 15.3. The molecule has 0 fully saturated rings. The van der Waals surface area contributed by atoms with Crippen molar-refractivity contribution in [3.05, 3.63) is 47.0 Å². The highest BCUT2D eigenvalue weighted by Gasteiger charge is 2.09. The number of hydrogen-bond acceptors (Lipinski definition) is 2. The van der Waals surface area contributed by atoms with Crippen molar-refractivity contribution in [3.63, 3.8) is 0 Å². The number of benzene rings is 1. The van der Waals surface area contributed by atoms with E-state index in [4.69, 9.17) is 0 Å². The van der Waals surface area contributed by atoms with Crippen LogP contribution in [0.15, 0.2) is 24.3 Å². The van der Waals surface area contributed by atoms with Crippen LogP contribution in [0.5, 0.6) is 0 Å². The van der Waals surface area contributed by atoms with Gasteiger partial charge in [-0.15, -0.1) is 10.2 Å². The Labute approximate surface area is 103 Å². The zero-order valence-electron chi connectivity index (χ0n) is 10.8. The van der Waals surface area contributed by atoms with Crippen molar-refractivity contribution in [2.75, 3.05) is 0 Å². The standard InChI is InChI=1S/C14H19N3/c1-4-13-15-16-14(17(13)5-2)10-12-8-6-11(3)7-9-12/h6-9H,4-5,10H2,1-3H3. The summed E-state index contributed by atoms with van der Waals surface area (Å²) in [6, 6.07) is 8.61. The van der Waals surface area contributed by atoms with Gasteiger partial charge in [-0.2, -0.15) is 0 Å². The Hall–Kier alpha value is -1.64. The van der Waals surface area contributed by atoms with E-state index in [0.29, 0.717) is 0 Å². The second-order valence-electron chi connectivity index (χ2n) is 4.29. The van der Waals surface area contributed by atoms with E-state index in [1.54, 1.807) is 0 Å². The van der Waals surface area contributed by atoms with Crippen LogP contribution in [0.4, 0.5) is 0 Å². The predicted molar refractivity (Wildman–Crippen MR) is 69.1 cm³/mol. The Bertz CT molecular complexity index is 483. The third-order valence-electron chi connectivity index (χ3n) is 3.02. The number of aryl methyl sites for hydroxylation is 2. The second kappa shape index (κ2) is 5.13. The summed E-state index contributed by atoms with van der Waals surface area (Å²) >= 11 is 0. The summed E-state index contributed by atoms with van der Waals surface area (Å²) in [5.74, 6) is 2.14. The van der Waals surface area contributed by atoms with E-state index >= 15 is 0 Å². The van der Waals surface area contributed by atoms with Crippen molar-refractivity contribution < 1.29 is 0 Å². The molecule has 3 heteroatoms. The summed E-state index contributed by atoms with van der Waals surface area (Å²) in [6.45, 7) is 7.30. The number of aromatic nitrogens is 3. The molecule has 2 rings (SSSR count).